The zero-order valence-corrected chi connectivity index (χ0v) is 23.2. The highest BCUT2D eigenvalue weighted by atomic mass is 19.4. The topological polar surface area (TPSA) is 126 Å². The summed E-state index contributed by atoms with van der Waals surface area (Å²) in [5, 5.41) is 14.0. The van der Waals surface area contributed by atoms with Crippen LogP contribution < -0.4 is 25.0 Å². The highest BCUT2D eigenvalue weighted by Crippen LogP contribution is 2.29. The fourth-order valence-corrected chi connectivity index (χ4v) is 4.28. The quantitative estimate of drug-likeness (QED) is 0.329. The van der Waals surface area contributed by atoms with Gasteiger partial charge in [0.1, 0.15) is 17.3 Å². The van der Waals surface area contributed by atoms with E-state index in [4.69, 9.17) is 19.4 Å². The number of fused-ring (bicyclic) bond motifs is 1. The van der Waals surface area contributed by atoms with Gasteiger partial charge in [0.25, 0.3) is 5.91 Å². The molecule has 0 radical (unpaired) electrons. The monoisotopic (exact) mass is 599 g/mol. The first kappa shape index (κ1) is 32.1. The molecule has 1 fully saturated rings. The number of alkyl halides is 3. The number of carbonyl (C=O) groups is 2. The number of methoxy groups -OCH3 is 2. The molecular weight excluding hydrogens is 569 g/mol. The Morgan fingerprint density at radius 3 is 1.93 bits per heavy atom. The molecule has 1 amide bonds. The number of nitrogens with one attached hydrogen (secondary N) is 2. The molecule has 10 nitrogen and oxygen atoms in total. The number of halogens is 5. The van der Waals surface area contributed by atoms with Crippen molar-refractivity contribution in [2.24, 2.45) is 0 Å². The predicted octanol–water partition coefficient (Wildman–Crippen LogP) is 4.78. The first-order chi connectivity index (χ1) is 19.7. The minimum atomic E-state index is -5.08. The molecule has 0 bridgehead atoms. The van der Waals surface area contributed by atoms with Gasteiger partial charge in [0, 0.05) is 49.3 Å². The molecule has 3 N–H and O–H groups in total. The van der Waals surface area contributed by atoms with Gasteiger partial charge in [0.2, 0.25) is 5.95 Å². The summed E-state index contributed by atoms with van der Waals surface area (Å²) in [5.41, 5.74) is 0.811. The zero-order chi connectivity index (χ0) is 31.2. The van der Waals surface area contributed by atoms with Gasteiger partial charge < -0.3 is 30.1 Å². The maximum Gasteiger partial charge on any atom is 0.490 e. The number of aliphatic carboxylic acids is 1. The molecular formula is C27H30F5N5O5. The number of aromatic nitrogens is 2. The van der Waals surface area contributed by atoms with Crippen molar-refractivity contribution in [2.75, 3.05) is 38.5 Å². The van der Waals surface area contributed by atoms with Crippen LogP contribution in [0.15, 0.2) is 30.3 Å². The second kappa shape index (κ2) is 13.5. The van der Waals surface area contributed by atoms with E-state index in [9.17, 15) is 26.7 Å². The average Bonchev–Trinajstić information content (AvgIpc) is 2.94. The van der Waals surface area contributed by atoms with Gasteiger partial charge in [-0.15, -0.1) is 0 Å². The molecule has 3 aromatic rings. The Balaban J connectivity index is 0.000000616. The fourth-order valence-electron chi connectivity index (χ4n) is 4.28. The Bertz CT molecular complexity index is 1410. The number of benzene rings is 2. The summed E-state index contributed by atoms with van der Waals surface area (Å²) in [4.78, 5) is 32.3. The maximum atomic E-state index is 13.8. The predicted molar refractivity (Wildman–Crippen MR) is 144 cm³/mol. The van der Waals surface area contributed by atoms with E-state index in [2.05, 4.69) is 20.6 Å². The van der Waals surface area contributed by atoms with Crippen molar-refractivity contribution in [3.05, 3.63) is 47.5 Å². The van der Waals surface area contributed by atoms with Crippen molar-refractivity contribution in [3.63, 3.8) is 0 Å². The first-order valence-electron chi connectivity index (χ1n) is 12.7. The van der Waals surface area contributed by atoms with Gasteiger partial charge in [0.05, 0.1) is 19.7 Å². The Morgan fingerprint density at radius 1 is 0.905 bits per heavy atom. The van der Waals surface area contributed by atoms with E-state index in [1.54, 1.807) is 51.4 Å². The van der Waals surface area contributed by atoms with Crippen LogP contribution in [0.4, 0.5) is 33.7 Å². The SMILES string of the molecule is COc1cc(OC)cc(C(=O)N[C@H]2CC[C@@H](Nc3nc(N(C)C)c4cc(F)c(F)cc4n3)CC2)c1.O=C(O)C(F)(F)F. The molecule has 42 heavy (non-hydrogen) atoms. The molecule has 0 aliphatic heterocycles. The summed E-state index contributed by atoms with van der Waals surface area (Å²) in [5.74, 6) is -2.84. The molecule has 0 spiro atoms. The molecule has 1 aliphatic rings. The highest BCUT2D eigenvalue weighted by Gasteiger charge is 2.38. The molecule has 0 unspecified atom stereocenters. The lowest BCUT2D eigenvalue weighted by Gasteiger charge is -2.30. The second-order valence-corrected chi connectivity index (χ2v) is 9.62. The molecule has 1 aromatic heterocycles. The van der Waals surface area contributed by atoms with Crippen molar-refractivity contribution in [1.29, 1.82) is 0 Å². The maximum absolute atomic E-state index is 13.8. The fraction of sp³-hybridized carbons (Fsp3) is 0.407. The molecule has 0 saturated heterocycles. The molecule has 1 aliphatic carbocycles. The van der Waals surface area contributed by atoms with Crippen LogP contribution in [0, 0.1) is 11.6 Å². The number of nitrogens with zero attached hydrogens (tertiary/aromatic N) is 3. The standard InChI is InChI=1S/C25H29F2N5O3.C2HF3O2/c1-32(2)23-19-12-20(26)21(27)13-22(19)30-25(31-23)29-16-7-5-15(6-8-16)28-24(33)14-9-17(34-3)11-18(10-14)35-4;3-2(4,5)1(6)7/h9-13,15-16H,5-8H2,1-4H3,(H,28,33)(H,29,30,31);(H,6,7)/t15-,16+;. The Kier molecular flexibility index (Phi) is 10.3. The molecule has 228 valence electrons. The second-order valence-electron chi connectivity index (χ2n) is 9.62. The Labute approximate surface area is 237 Å². The molecule has 15 heteroatoms. The van der Waals surface area contributed by atoms with E-state index in [0.29, 0.717) is 39.7 Å². The number of rotatable bonds is 7. The number of ether oxygens (including phenoxy) is 2. The number of hydrogen-bond donors (Lipinski definition) is 3. The van der Waals surface area contributed by atoms with Crippen molar-refractivity contribution in [1.82, 2.24) is 15.3 Å². The van der Waals surface area contributed by atoms with Crippen LogP contribution in [-0.2, 0) is 4.79 Å². The number of carboxylic acid groups (broad SMARTS) is 1. The number of carboxylic acids is 1. The summed E-state index contributed by atoms with van der Waals surface area (Å²) in [6.07, 6.45) is -1.94. The zero-order valence-electron chi connectivity index (χ0n) is 23.2. The van der Waals surface area contributed by atoms with Crippen LogP contribution in [0.25, 0.3) is 10.9 Å². The van der Waals surface area contributed by atoms with E-state index >= 15 is 0 Å². The molecule has 2 aromatic carbocycles. The van der Waals surface area contributed by atoms with Gasteiger partial charge in [0.15, 0.2) is 11.6 Å². The highest BCUT2D eigenvalue weighted by molar-refractivity contribution is 5.95. The largest absolute Gasteiger partial charge is 0.497 e. The van der Waals surface area contributed by atoms with Crippen LogP contribution >= 0.6 is 0 Å². The van der Waals surface area contributed by atoms with Gasteiger partial charge in [-0.1, -0.05) is 0 Å². The molecule has 0 atom stereocenters. The van der Waals surface area contributed by atoms with Crippen LogP contribution in [0.5, 0.6) is 11.5 Å². The smallest absolute Gasteiger partial charge is 0.490 e. The average molecular weight is 600 g/mol. The molecule has 4 rings (SSSR count). The number of hydrogen-bond acceptors (Lipinski definition) is 8. The lowest BCUT2D eigenvalue weighted by molar-refractivity contribution is -0.192. The minimum absolute atomic E-state index is 0.0321. The number of carbonyl (C=O) groups excluding carboxylic acids is 1. The number of anilines is 2. The molecule has 1 saturated carbocycles. The third-order valence-electron chi connectivity index (χ3n) is 6.39. The van der Waals surface area contributed by atoms with E-state index in [1.807, 2.05) is 0 Å². The van der Waals surface area contributed by atoms with Gasteiger partial charge in [-0.2, -0.15) is 18.2 Å². The summed E-state index contributed by atoms with van der Waals surface area (Å²) in [6.45, 7) is 0. The van der Waals surface area contributed by atoms with Crippen LogP contribution in [0.3, 0.4) is 0 Å². The van der Waals surface area contributed by atoms with E-state index in [1.165, 1.54) is 0 Å². The normalized spacial score (nSPS) is 16.6. The number of amides is 1. The summed E-state index contributed by atoms with van der Waals surface area (Å²) in [6, 6.07) is 7.41. The van der Waals surface area contributed by atoms with Crippen molar-refractivity contribution in [2.45, 2.75) is 43.9 Å². The van der Waals surface area contributed by atoms with Crippen molar-refractivity contribution in [3.8, 4) is 11.5 Å². The van der Waals surface area contributed by atoms with E-state index < -0.39 is 23.8 Å². The van der Waals surface area contributed by atoms with Crippen LogP contribution in [0.1, 0.15) is 36.0 Å². The summed E-state index contributed by atoms with van der Waals surface area (Å²) >= 11 is 0. The summed E-state index contributed by atoms with van der Waals surface area (Å²) in [7, 11) is 6.66. The lowest BCUT2D eigenvalue weighted by Crippen LogP contribution is -2.40. The lowest BCUT2D eigenvalue weighted by atomic mass is 9.91. The van der Waals surface area contributed by atoms with E-state index in [0.717, 1.165) is 37.8 Å². The molecule has 1 heterocycles. The first-order valence-corrected chi connectivity index (χ1v) is 12.7. The van der Waals surface area contributed by atoms with Crippen LogP contribution in [-0.4, -0.2) is 73.5 Å². The summed E-state index contributed by atoms with van der Waals surface area (Å²) < 4.78 is 69.8. The Morgan fingerprint density at radius 2 is 1.43 bits per heavy atom. The third kappa shape index (κ3) is 8.30. The van der Waals surface area contributed by atoms with Crippen LogP contribution in [0.2, 0.25) is 0 Å². The van der Waals surface area contributed by atoms with Gasteiger partial charge in [-0.25, -0.2) is 18.6 Å². The van der Waals surface area contributed by atoms with Gasteiger partial charge >= 0.3 is 12.1 Å². The van der Waals surface area contributed by atoms with Gasteiger partial charge in [-0.05, 0) is 43.9 Å². The van der Waals surface area contributed by atoms with Crippen molar-refractivity contribution < 1.29 is 46.1 Å². The van der Waals surface area contributed by atoms with E-state index in [-0.39, 0.29) is 18.0 Å². The minimum Gasteiger partial charge on any atom is -0.497 e. The van der Waals surface area contributed by atoms with Crippen molar-refractivity contribution >= 4 is 34.5 Å². The third-order valence-corrected chi connectivity index (χ3v) is 6.39. The van der Waals surface area contributed by atoms with Gasteiger partial charge in [-0.3, -0.25) is 4.79 Å². The Hall–Kier alpha value is -4.43.